The standard InChI is InChI=1S/C20H20FNO/c1-2-23-15-10-11-19-18(12-15)16-4-3-5-17(16)20(22-19)13-6-8-14(21)9-7-13/h3-4,6-12,16-17,20,22H,2,5H2,1H3/t16?,17?,20-/m1/s1. The van der Waals surface area contributed by atoms with Crippen molar-refractivity contribution in [3.8, 4) is 5.75 Å². The van der Waals surface area contributed by atoms with Crippen molar-refractivity contribution >= 4 is 5.69 Å². The summed E-state index contributed by atoms with van der Waals surface area (Å²) in [6, 6.07) is 13.3. The SMILES string of the molecule is CCOc1ccc2c(c1)C1C=CCC1[C@@H](c1ccc(F)cc1)N2. The van der Waals surface area contributed by atoms with E-state index in [0.29, 0.717) is 18.4 Å². The summed E-state index contributed by atoms with van der Waals surface area (Å²) in [5.41, 5.74) is 3.59. The van der Waals surface area contributed by atoms with Gasteiger partial charge in [-0.25, -0.2) is 4.39 Å². The van der Waals surface area contributed by atoms with Gasteiger partial charge in [-0.2, -0.15) is 0 Å². The Hall–Kier alpha value is -2.29. The monoisotopic (exact) mass is 309 g/mol. The first-order valence-electron chi connectivity index (χ1n) is 8.21. The molecule has 23 heavy (non-hydrogen) atoms. The van der Waals surface area contributed by atoms with Crippen LogP contribution in [0.4, 0.5) is 10.1 Å². The second-order valence-electron chi connectivity index (χ2n) is 6.21. The Kier molecular flexibility index (Phi) is 3.56. The van der Waals surface area contributed by atoms with Crippen LogP contribution in [-0.2, 0) is 0 Å². The van der Waals surface area contributed by atoms with Crippen LogP contribution in [0.5, 0.6) is 5.75 Å². The van der Waals surface area contributed by atoms with Crippen molar-refractivity contribution in [1.82, 2.24) is 0 Å². The molecule has 2 aromatic rings. The minimum absolute atomic E-state index is 0.188. The third-order valence-corrected chi connectivity index (χ3v) is 4.87. The summed E-state index contributed by atoms with van der Waals surface area (Å²) in [6.45, 7) is 2.68. The molecular formula is C20H20FNO. The summed E-state index contributed by atoms with van der Waals surface area (Å²) in [5.74, 6) is 1.59. The fourth-order valence-corrected chi connectivity index (χ4v) is 3.83. The van der Waals surface area contributed by atoms with Gasteiger partial charge in [0.1, 0.15) is 11.6 Å². The van der Waals surface area contributed by atoms with Crippen LogP contribution in [0, 0.1) is 11.7 Å². The maximum Gasteiger partial charge on any atom is 0.123 e. The highest BCUT2D eigenvalue weighted by Gasteiger charge is 2.37. The minimum Gasteiger partial charge on any atom is -0.494 e. The number of ether oxygens (including phenoxy) is 1. The Balaban J connectivity index is 1.72. The molecule has 2 nitrogen and oxygen atoms in total. The van der Waals surface area contributed by atoms with Gasteiger partial charge in [0.2, 0.25) is 0 Å². The number of halogens is 1. The van der Waals surface area contributed by atoms with Crippen LogP contribution in [0.1, 0.15) is 36.4 Å². The van der Waals surface area contributed by atoms with Crippen molar-refractivity contribution in [3.05, 3.63) is 71.6 Å². The molecule has 0 fully saturated rings. The molecule has 0 aromatic heterocycles. The van der Waals surface area contributed by atoms with Crippen LogP contribution in [0.25, 0.3) is 0 Å². The Labute approximate surface area is 136 Å². The van der Waals surface area contributed by atoms with Crippen molar-refractivity contribution in [2.24, 2.45) is 5.92 Å². The Morgan fingerprint density at radius 3 is 2.78 bits per heavy atom. The number of hydrogen-bond donors (Lipinski definition) is 1. The van der Waals surface area contributed by atoms with Crippen LogP contribution < -0.4 is 10.1 Å². The molecular weight excluding hydrogens is 289 g/mol. The molecule has 2 unspecified atom stereocenters. The van der Waals surface area contributed by atoms with E-state index in [1.807, 2.05) is 25.1 Å². The minimum atomic E-state index is -0.188. The molecule has 0 spiro atoms. The van der Waals surface area contributed by atoms with Gasteiger partial charge >= 0.3 is 0 Å². The van der Waals surface area contributed by atoms with Crippen LogP contribution in [0.3, 0.4) is 0 Å². The molecule has 1 N–H and O–H groups in total. The topological polar surface area (TPSA) is 21.3 Å². The second-order valence-corrected chi connectivity index (χ2v) is 6.21. The van der Waals surface area contributed by atoms with Crippen molar-refractivity contribution < 1.29 is 9.13 Å². The molecule has 4 rings (SSSR count). The maximum absolute atomic E-state index is 13.2. The van der Waals surface area contributed by atoms with Crippen molar-refractivity contribution in [2.75, 3.05) is 11.9 Å². The molecule has 0 radical (unpaired) electrons. The fourth-order valence-electron chi connectivity index (χ4n) is 3.83. The molecule has 0 saturated carbocycles. The third-order valence-electron chi connectivity index (χ3n) is 4.87. The molecule has 0 amide bonds. The van der Waals surface area contributed by atoms with E-state index in [-0.39, 0.29) is 11.9 Å². The van der Waals surface area contributed by atoms with E-state index >= 15 is 0 Å². The summed E-state index contributed by atoms with van der Waals surface area (Å²) in [6.07, 6.45) is 5.60. The molecule has 3 atom stereocenters. The predicted octanol–water partition coefficient (Wildman–Crippen LogP) is 5.05. The number of hydrogen-bond acceptors (Lipinski definition) is 2. The van der Waals surface area contributed by atoms with E-state index in [1.165, 1.54) is 5.56 Å². The number of rotatable bonds is 3. The molecule has 2 aromatic carbocycles. The predicted molar refractivity (Wildman–Crippen MR) is 90.4 cm³/mol. The molecule has 1 aliphatic heterocycles. The first-order chi connectivity index (χ1) is 11.3. The summed E-state index contributed by atoms with van der Waals surface area (Å²) >= 11 is 0. The quantitative estimate of drug-likeness (QED) is 0.801. The van der Waals surface area contributed by atoms with Gasteiger partial charge in [-0.3, -0.25) is 0 Å². The lowest BCUT2D eigenvalue weighted by atomic mass is 9.77. The highest BCUT2D eigenvalue weighted by atomic mass is 19.1. The van der Waals surface area contributed by atoms with Gasteiger partial charge < -0.3 is 10.1 Å². The van der Waals surface area contributed by atoms with Crippen LogP contribution in [-0.4, -0.2) is 6.61 Å². The first kappa shape index (κ1) is 14.3. The van der Waals surface area contributed by atoms with E-state index in [0.717, 1.165) is 23.4 Å². The molecule has 0 bridgehead atoms. The van der Waals surface area contributed by atoms with Crippen LogP contribution in [0.15, 0.2) is 54.6 Å². The molecule has 3 heteroatoms. The van der Waals surface area contributed by atoms with E-state index in [9.17, 15) is 4.39 Å². The summed E-state index contributed by atoms with van der Waals surface area (Å²) in [5, 5.41) is 3.66. The van der Waals surface area contributed by atoms with E-state index in [2.05, 4.69) is 29.6 Å². The number of anilines is 1. The van der Waals surface area contributed by atoms with Gasteiger partial charge in [-0.15, -0.1) is 0 Å². The van der Waals surface area contributed by atoms with Gasteiger partial charge in [0.05, 0.1) is 12.6 Å². The molecule has 1 aliphatic carbocycles. The van der Waals surface area contributed by atoms with Gasteiger partial charge in [-0.05, 0) is 60.7 Å². The molecule has 0 saturated heterocycles. The lowest BCUT2D eigenvalue weighted by Crippen LogP contribution is -2.29. The van der Waals surface area contributed by atoms with Crippen molar-refractivity contribution in [2.45, 2.75) is 25.3 Å². The normalized spacial score (nSPS) is 24.7. The maximum atomic E-state index is 13.2. The van der Waals surface area contributed by atoms with Crippen LogP contribution >= 0.6 is 0 Å². The van der Waals surface area contributed by atoms with Gasteiger partial charge in [0.15, 0.2) is 0 Å². The highest BCUT2D eigenvalue weighted by molar-refractivity contribution is 5.61. The van der Waals surface area contributed by atoms with E-state index in [4.69, 9.17) is 4.74 Å². The molecule has 2 aliphatic rings. The largest absolute Gasteiger partial charge is 0.494 e. The Morgan fingerprint density at radius 2 is 2.00 bits per heavy atom. The Bertz CT molecular complexity index is 738. The number of nitrogens with one attached hydrogen (secondary N) is 1. The Morgan fingerprint density at radius 1 is 1.17 bits per heavy atom. The number of fused-ring (bicyclic) bond motifs is 3. The van der Waals surface area contributed by atoms with Gasteiger partial charge in [-0.1, -0.05) is 24.3 Å². The zero-order valence-corrected chi connectivity index (χ0v) is 13.1. The summed E-state index contributed by atoms with van der Waals surface area (Å²) in [7, 11) is 0. The fraction of sp³-hybridized carbons (Fsp3) is 0.300. The lowest BCUT2D eigenvalue weighted by molar-refractivity contribution is 0.338. The highest BCUT2D eigenvalue weighted by Crippen LogP contribution is 2.50. The smallest absolute Gasteiger partial charge is 0.123 e. The molecule has 1 heterocycles. The summed E-state index contributed by atoms with van der Waals surface area (Å²) < 4.78 is 18.9. The second kappa shape index (κ2) is 5.73. The summed E-state index contributed by atoms with van der Waals surface area (Å²) in [4.78, 5) is 0. The third kappa shape index (κ3) is 2.50. The van der Waals surface area contributed by atoms with E-state index in [1.54, 1.807) is 12.1 Å². The number of benzene rings is 2. The average molecular weight is 309 g/mol. The number of allylic oxidation sites excluding steroid dienone is 2. The average Bonchev–Trinajstić information content (AvgIpc) is 3.05. The zero-order valence-electron chi connectivity index (χ0n) is 13.1. The van der Waals surface area contributed by atoms with Gasteiger partial charge in [0.25, 0.3) is 0 Å². The van der Waals surface area contributed by atoms with Crippen LogP contribution in [0.2, 0.25) is 0 Å². The van der Waals surface area contributed by atoms with Gasteiger partial charge in [0, 0.05) is 11.6 Å². The molecule has 118 valence electrons. The van der Waals surface area contributed by atoms with Crippen molar-refractivity contribution in [1.29, 1.82) is 0 Å². The van der Waals surface area contributed by atoms with Crippen molar-refractivity contribution in [3.63, 3.8) is 0 Å². The first-order valence-corrected chi connectivity index (χ1v) is 8.21. The zero-order chi connectivity index (χ0) is 15.8. The van der Waals surface area contributed by atoms with E-state index < -0.39 is 0 Å². The lowest BCUT2D eigenvalue weighted by Gasteiger charge is -2.37.